The van der Waals surface area contributed by atoms with Crippen molar-refractivity contribution >= 4 is 5.97 Å². The molecule has 2 atom stereocenters. The quantitative estimate of drug-likeness (QED) is 0.808. The van der Waals surface area contributed by atoms with Crippen LogP contribution in [-0.4, -0.2) is 30.7 Å². The molecule has 0 unspecified atom stereocenters. The summed E-state index contributed by atoms with van der Waals surface area (Å²) in [4.78, 5) is 18.8. The van der Waals surface area contributed by atoms with Crippen LogP contribution in [0.5, 0.6) is 0 Å². The molecule has 3 rings (SSSR count). The van der Waals surface area contributed by atoms with Crippen LogP contribution in [0.15, 0.2) is 60.7 Å². The SMILES string of the molecule is CCOC(=O)[C@@H]1[C@H](C)C(c2ccccc2)(c2ccccc2)ON1C. The molecule has 1 saturated heterocycles. The van der Waals surface area contributed by atoms with Crippen LogP contribution in [0.3, 0.4) is 0 Å². The molecule has 2 aromatic rings. The van der Waals surface area contributed by atoms with Gasteiger partial charge in [-0.1, -0.05) is 67.6 Å². The Bertz CT molecular complexity index is 647. The van der Waals surface area contributed by atoms with Gasteiger partial charge in [0, 0.05) is 13.0 Å². The van der Waals surface area contributed by atoms with Gasteiger partial charge in [0.1, 0.15) is 11.6 Å². The molecule has 1 aliphatic heterocycles. The van der Waals surface area contributed by atoms with Gasteiger partial charge in [0.25, 0.3) is 0 Å². The Morgan fingerprint density at radius 3 is 2.04 bits per heavy atom. The molecule has 0 saturated carbocycles. The topological polar surface area (TPSA) is 38.8 Å². The Kier molecular flexibility index (Phi) is 4.69. The molecular weight excluding hydrogens is 302 g/mol. The van der Waals surface area contributed by atoms with Gasteiger partial charge >= 0.3 is 5.97 Å². The van der Waals surface area contributed by atoms with Crippen molar-refractivity contribution in [3.05, 3.63) is 71.8 Å². The lowest BCUT2D eigenvalue weighted by molar-refractivity contribution is -0.190. The fourth-order valence-corrected chi connectivity index (χ4v) is 3.65. The molecule has 0 bridgehead atoms. The van der Waals surface area contributed by atoms with Gasteiger partial charge in [0.05, 0.1) is 6.61 Å². The van der Waals surface area contributed by atoms with Crippen molar-refractivity contribution in [1.29, 1.82) is 0 Å². The standard InChI is InChI=1S/C20H23NO3/c1-4-23-19(22)18-15(2)20(24-21(18)3,16-11-7-5-8-12-16)17-13-9-6-10-14-17/h5-15,18H,4H2,1-3H3/t15-,18-/m0/s1. The Morgan fingerprint density at radius 1 is 1.08 bits per heavy atom. The van der Waals surface area contributed by atoms with E-state index < -0.39 is 11.6 Å². The van der Waals surface area contributed by atoms with E-state index in [2.05, 4.69) is 0 Å². The van der Waals surface area contributed by atoms with Crippen LogP contribution in [0.25, 0.3) is 0 Å². The zero-order valence-electron chi connectivity index (χ0n) is 14.3. The molecule has 0 spiro atoms. The first-order chi connectivity index (χ1) is 11.6. The van der Waals surface area contributed by atoms with Crippen LogP contribution in [0.2, 0.25) is 0 Å². The minimum Gasteiger partial charge on any atom is -0.465 e. The van der Waals surface area contributed by atoms with E-state index >= 15 is 0 Å². The second-order valence-corrected chi connectivity index (χ2v) is 6.09. The van der Waals surface area contributed by atoms with Crippen molar-refractivity contribution in [2.24, 2.45) is 5.92 Å². The van der Waals surface area contributed by atoms with Crippen LogP contribution in [0, 0.1) is 5.92 Å². The zero-order chi connectivity index (χ0) is 17.2. The summed E-state index contributed by atoms with van der Waals surface area (Å²) in [6.45, 7) is 4.23. The number of esters is 1. The Morgan fingerprint density at radius 2 is 1.58 bits per heavy atom. The number of hydroxylamine groups is 2. The third-order valence-electron chi connectivity index (χ3n) is 4.73. The van der Waals surface area contributed by atoms with Crippen molar-refractivity contribution in [2.45, 2.75) is 25.5 Å². The molecule has 1 fully saturated rings. The molecule has 0 aliphatic carbocycles. The van der Waals surface area contributed by atoms with Crippen molar-refractivity contribution in [3.63, 3.8) is 0 Å². The highest BCUT2D eigenvalue weighted by molar-refractivity contribution is 5.77. The molecule has 2 aromatic carbocycles. The minimum absolute atomic E-state index is 0.105. The van der Waals surface area contributed by atoms with Gasteiger partial charge in [0.15, 0.2) is 0 Å². The maximum atomic E-state index is 12.5. The molecule has 4 heteroatoms. The number of carbonyl (C=O) groups is 1. The number of ether oxygens (including phenoxy) is 1. The molecule has 0 radical (unpaired) electrons. The molecule has 0 N–H and O–H groups in total. The van der Waals surface area contributed by atoms with Gasteiger partial charge in [-0.25, -0.2) is 0 Å². The largest absolute Gasteiger partial charge is 0.465 e. The van der Waals surface area contributed by atoms with Crippen molar-refractivity contribution in [3.8, 4) is 0 Å². The lowest BCUT2D eigenvalue weighted by atomic mass is 9.74. The lowest BCUT2D eigenvalue weighted by Gasteiger charge is -2.33. The van der Waals surface area contributed by atoms with Gasteiger partial charge in [0.2, 0.25) is 0 Å². The highest BCUT2D eigenvalue weighted by Gasteiger charge is 2.56. The minimum atomic E-state index is -0.714. The van der Waals surface area contributed by atoms with Crippen LogP contribution in [-0.2, 0) is 20.0 Å². The average Bonchev–Trinajstić information content (AvgIpc) is 2.88. The summed E-state index contributed by atoms with van der Waals surface area (Å²) in [5.74, 6) is -0.354. The molecule has 4 nitrogen and oxygen atoms in total. The average molecular weight is 325 g/mol. The Labute approximate surface area is 143 Å². The lowest BCUT2D eigenvalue weighted by Crippen LogP contribution is -2.40. The second kappa shape index (κ2) is 6.75. The van der Waals surface area contributed by atoms with Gasteiger partial charge in [-0.05, 0) is 18.1 Å². The van der Waals surface area contributed by atoms with Gasteiger partial charge in [-0.2, -0.15) is 5.06 Å². The van der Waals surface area contributed by atoms with E-state index in [-0.39, 0.29) is 11.9 Å². The summed E-state index contributed by atoms with van der Waals surface area (Å²) in [5, 5.41) is 1.64. The summed E-state index contributed by atoms with van der Waals surface area (Å²) in [5.41, 5.74) is 1.35. The van der Waals surface area contributed by atoms with E-state index in [0.29, 0.717) is 6.61 Å². The summed E-state index contributed by atoms with van der Waals surface area (Å²) in [6.07, 6.45) is 0. The monoisotopic (exact) mass is 325 g/mol. The van der Waals surface area contributed by atoms with E-state index in [1.807, 2.05) is 74.5 Å². The maximum Gasteiger partial charge on any atom is 0.326 e. The van der Waals surface area contributed by atoms with E-state index in [9.17, 15) is 4.79 Å². The molecule has 126 valence electrons. The molecule has 1 aliphatic rings. The number of benzene rings is 2. The van der Waals surface area contributed by atoms with Crippen LogP contribution in [0.4, 0.5) is 0 Å². The van der Waals surface area contributed by atoms with Gasteiger partial charge in [-0.3, -0.25) is 9.63 Å². The van der Waals surface area contributed by atoms with E-state index in [4.69, 9.17) is 9.57 Å². The predicted octanol–water partition coefficient (Wildman–Crippen LogP) is 3.38. The Balaban J connectivity index is 2.12. The summed E-state index contributed by atoms with van der Waals surface area (Å²) < 4.78 is 5.27. The van der Waals surface area contributed by atoms with Crippen LogP contribution < -0.4 is 0 Å². The smallest absolute Gasteiger partial charge is 0.326 e. The fraction of sp³-hybridized carbons (Fsp3) is 0.350. The maximum absolute atomic E-state index is 12.5. The molecule has 0 amide bonds. The van der Waals surface area contributed by atoms with E-state index in [0.717, 1.165) is 11.1 Å². The number of hydrogen-bond acceptors (Lipinski definition) is 4. The normalized spacial score (nSPS) is 23.1. The molecular formula is C20H23NO3. The first-order valence-corrected chi connectivity index (χ1v) is 8.31. The molecule has 0 aromatic heterocycles. The van der Waals surface area contributed by atoms with Crippen molar-refractivity contribution in [2.75, 3.05) is 13.7 Å². The summed E-state index contributed by atoms with van der Waals surface area (Å²) >= 11 is 0. The van der Waals surface area contributed by atoms with Crippen LogP contribution in [0.1, 0.15) is 25.0 Å². The number of nitrogens with zero attached hydrogens (tertiary/aromatic N) is 1. The van der Waals surface area contributed by atoms with Crippen molar-refractivity contribution in [1.82, 2.24) is 5.06 Å². The van der Waals surface area contributed by atoms with Gasteiger partial charge < -0.3 is 4.74 Å². The summed E-state index contributed by atoms with van der Waals surface area (Å²) in [6, 6.07) is 19.7. The number of hydrogen-bond donors (Lipinski definition) is 0. The number of likely N-dealkylation sites (N-methyl/N-ethyl adjacent to an activating group) is 1. The fourth-order valence-electron chi connectivity index (χ4n) is 3.65. The predicted molar refractivity (Wildman–Crippen MR) is 92.1 cm³/mol. The zero-order valence-corrected chi connectivity index (χ0v) is 14.3. The van der Waals surface area contributed by atoms with E-state index in [1.54, 1.807) is 12.1 Å². The second-order valence-electron chi connectivity index (χ2n) is 6.09. The van der Waals surface area contributed by atoms with E-state index in [1.165, 1.54) is 0 Å². The number of carbonyl (C=O) groups excluding carboxylic acids is 1. The first kappa shape index (κ1) is 16.7. The van der Waals surface area contributed by atoms with Crippen LogP contribution >= 0.6 is 0 Å². The van der Waals surface area contributed by atoms with Crippen molar-refractivity contribution < 1.29 is 14.4 Å². The number of rotatable bonds is 4. The third kappa shape index (κ3) is 2.62. The first-order valence-electron chi connectivity index (χ1n) is 8.31. The Hall–Kier alpha value is -2.17. The highest BCUT2D eigenvalue weighted by atomic mass is 16.7. The third-order valence-corrected chi connectivity index (χ3v) is 4.73. The highest BCUT2D eigenvalue weighted by Crippen LogP contribution is 2.48. The molecule has 1 heterocycles. The molecule has 24 heavy (non-hydrogen) atoms. The van der Waals surface area contributed by atoms with Gasteiger partial charge in [-0.15, -0.1) is 0 Å². The summed E-state index contributed by atoms with van der Waals surface area (Å²) in [7, 11) is 1.80.